The Labute approximate surface area is 120 Å². The fourth-order valence-corrected chi connectivity index (χ4v) is 2.33. The predicted molar refractivity (Wildman–Crippen MR) is 85.5 cm³/mol. The molecule has 0 spiro atoms. The highest BCUT2D eigenvalue weighted by Gasteiger charge is 2.04. The Kier molecular flexibility index (Phi) is 4.08. The van der Waals surface area contributed by atoms with Crippen molar-refractivity contribution in [3.63, 3.8) is 0 Å². The van der Waals surface area contributed by atoms with E-state index in [-0.39, 0.29) is 5.84 Å². The minimum Gasteiger partial charge on any atom is -0.384 e. The summed E-state index contributed by atoms with van der Waals surface area (Å²) in [5, 5.41) is 7.40. The lowest BCUT2D eigenvalue weighted by molar-refractivity contribution is 0.920. The maximum Gasteiger partial charge on any atom is 0.122 e. The Morgan fingerprint density at radius 3 is 2.10 bits per heavy atom. The summed E-state index contributed by atoms with van der Waals surface area (Å²) in [6.07, 6.45) is 0. The van der Waals surface area contributed by atoms with Crippen molar-refractivity contribution in [1.29, 1.82) is 5.41 Å². The molecule has 2 aromatic rings. The van der Waals surface area contributed by atoms with E-state index in [1.807, 2.05) is 24.3 Å². The molecule has 0 aliphatic carbocycles. The minimum atomic E-state index is 0.110. The van der Waals surface area contributed by atoms with Crippen LogP contribution in [-0.4, -0.2) is 12.9 Å². The third-order valence-electron chi connectivity index (χ3n) is 3.33. The van der Waals surface area contributed by atoms with Gasteiger partial charge >= 0.3 is 0 Å². The average Bonchev–Trinajstić information content (AvgIpc) is 2.38. The van der Waals surface area contributed by atoms with E-state index in [0.717, 1.165) is 12.1 Å². The third-order valence-corrected chi connectivity index (χ3v) is 3.33. The number of nitrogens with two attached hydrogens (primary N) is 1. The van der Waals surface area contributed by atoms with Crippen LogP contribution in [0.15, 0.2) is 42.5 Å². The first-order valence-corrected chi connectivity index (χ1v) is 6.68. The number of nitrogen functional groups attached to an aromatic ring is 1. The van der Waals surface area contributed by atoms with Gasteiger partial charge in [-0.2, -0.15) is 0 Å². The Hall–Kier alpha value is -2.29. The number of rotatable bonds is 4. The van der Waals surface area contributed by atoms with Gasteiger partial charge in [-0.1, -0.05) is 30.3 Å². The molecule has 0 radical (unpaired) electrons. The number of nitrogens with zero attached hydrogens (tertiary/aromatic N) is 1. The van der Waals surface area contributed by atoms with Gasteiger partial charge in [-0.05, 0) is 42.7 Å². The molecule has 0 heterocycles. The molecule has 0 amide bonds. The van der Waals surface area contributed by atoms with Gasteiger partial charge in [0.15, 0.2) is 0 Å². The number of benzene rings is 2. The molecule has 2 aromatic carbocycles. The van der Waals surface area contributed by atoms with E-state index in [1.54, 1.807) is 0 Å². The van der Waals surface area contributed by atoms with Gasteiger partial charge in [0.1, 0.15) is 5.84 Å². The van der Waals surface area contributed by atoms with Gasteiger partial charge < -0.3 is 10.6 Å². The van der Waals surface area contributed by atoms with Gasteiger partial charge in [-0.3, -0.25) is 5.41 Å². The molecule has 0 aliphatic heterocycles. The Bertz CT molecular complexity index is 594. The summed E-state index contributed by atoms with van der Waals surface area (Å²) >= 11 is 0. The van der Waals surface area contributed by atoms with E-state index in [4.69, 9.17) is 11.1 Å². The van der Waals surface area contributed by atoms with Crippen LogP contribution in [0, 0.1) is 19.3 Å². The normalized spacial score (nSPS) is 10.3. The van der Waals surface area contributed by atoms with Crippen molar-refractivity contribution < 1.29 is 0 Å². The summed E-state index contributed by atoms with van der Waals surface area (Å²) in [6, 6.07) is 14.4. The highest BCUT2D eigenvalue weighted by molar-refractivity contribution is 5.94. The van der Waals surface area contributed by atoms with Gasteiger partial charge in [0.2, 0.25) is 0 Å². The van der Waals surface area contributed by atoms with Crippen LogP contribution < -0.4 is 10.6 Å². The SMILES string of the molecule is Cc1cc(C)cc(N(C)Cc2ccc(C(=N)N)cc2)c1. The van der Waals surface area contributed by atoms with E-state index < -0.39 is 0 Å². The number of anilines is 1. The molecule has 0 saturated heterocycles. The predicted octanol–water partition coefficient (Wildman–Crippen LogP) is 3.22. The van der Waals surface area contributed by atoms with Crippen LogP contribution in [-0.2, 0) is 6.54 Å². The standard InChI is InChI=1S/C17H21N3/c1-12-8-13(2)10-16(9-12)20(3)11-14-4-6-15(7-5-14)17(18)19/h4-10H,11H2,1-3H3,(H3,18,19). The lowest BCUT2D eigenvalue weighted by Gasteiger charge is -2.20. The molecule has 3 nitrogen and oxygen atoms in total. The summed E-state index contributed by atoms with van der Waals surface area (Å²) in [5.41, 5.74) is 11.2. The van der Waals surface area contributed by atoms with Crippen LogP contribution in [0.4, 0.5) is 5.69 Å². The van der Waals surface area contributed by atoms with Crippen molar-refractivity contribution in [2.75, 3.05) is 11.9 Å². The second kappa shape index (κ2) is 5.78. The molecule has 3 heteroatoms. The van der Waals surface area contributed by atoms with Crippen LogP contribution in [0.1, 0.15) is 22.3 Å². The number of aryl methyl sites for hydroxylation is 2. The van der Waals surface area contributed by atoms with E-state index in [2.05, 4.69) is 44.0 Å². The topological polar surface area (TPSA) is 53.1 Å². The molecule has 0 saturated carbocycles. The zero-order valence-corrected chi connectivity index (χ0v) is 12.3. The fourth-order valence-electron chi connectivity index (χ4n) is 2.33. The lowest BCUT2D eigenvalue weighted by Crippen LogP contribution is -2.17. The van der Waals surface area contributed by atoms with Crippen molar-refractivity contribution >= 4 is 11.5 Å². The zero-order valence-electron chi connectivity index (χ0n) is 12.3. The molecule has 20 heavy (non-hydrogen) atoms. The first kappa shape index (κ1) is 14.1. The quantitative estimate of drug-likeness (QED) is 0.660. The van der Waals surface area contributed by atoms with Gasteiger partial charge in [-0.25, -0.2) is 0 Å². The Balaban J connectivity index is 2.14. The van der Waals surface area contributed by atoms with Crippen LogP contribution in [0.2, 0.25) is 0 Å². The largest absolute Gasteiger partial charge is 0.384 e. The average molecular weight is 267 g/mol. The maximum atomic E-state index is 7.40. The van der Waals surface area contributed by atoms with Crippen molar-refractivity contribution in [2.24, 2.45) is 5.73 Å². The molecule has 0 fully saturated rings. The summed E-state index contributed by atoms with van der Waals surface area (Å²) < 4.78 is 0. The van der Waals surface area contributed by atoms with Crippen molar-refractivity contribution in [2.45, 2.75) is 20.4 Å². The summed E-state index contributed by atoms with van der Waals surface area (Å²) in [4.78, 5) is 2.22. The van der Waals surface area contributed by atoms with E-state index in [1.165, 1.54) is 22.4 Å². The van der Waals surface area contributed by atoms with Crippen LogP contribution in [0.3, 0.4) is 0 Å². The first-order chi connectivity index (χ1) is 9.45. The van der Waals surface area contributed by atoms with E-state index >= 15 is 0 Å². The molecule has 0 atom stereocenters. The van der Waals surface area contributed by atoms with Gasteiger partial charge in [-0.15, -0.1) is 0 Å². The third kappa shape index (κ3) is 3.38. The maximum absolute atomic E-state index is 7.40. The van der Waals surface area contributed by atoms with Gasteiger partial charge in [0, 0.05) is 24.8 Å². The summed E-state index contributed by atoms with van der Waals surface area (Å²) in [6.45, 7) is 5.07. The first-order valence-electron chi connectivity index (χ1n) is 6.68. The fraction of sp³-hybridized carbons (Fsp3) is 0.235. The van der Waals surface area contributed by atoms with Crippen molar-refractivity contribution in [3.8, 4) is 0 Å². The summed E-state index contributed by atoms with van der Waals surface area (Å²) in [7, 11) is 2.09. The Morgan fingerprint density at radius 1 is 1.05 bits per heavy atom. The van der Waals surface area contributed by atoms with E-state index in [0.29, 0.717) is 0 Å². The molecule has 2 rings (SSSR count). The van der Waals surface area contributed by atoms with Gasteiger partial charge in [0.25, 0.3) is 0 Å². The lowest BCUT2D eigenvalue weighted by atomic mass is 10.1. The molecule has 3 N–H and O–H groups in total. The second-order valence-electron chi connectivity index (χ2n) is 5.31. The second-order valence-corrected chi connectivity index (χ2v) is 5.31. The molecular weight excluding hydrogens is 246 g/mol. The highest BCUT2D eigenvalue weighted by atomic mass is 15.1. The Morgan fingerprint density at radius 2 is 1.60 bits per heavy atom. The highest BCUT2D eigenvalue weighted by Crippen LogP contribution is 2.19. The van der Waals surface area contributed by atoms with Crippen LogP contribution >= 0.6 is 0 Å². The molecule has 104 valence electrons. The molecule has 0 aromatic heterocycles. The molecule has 0 aliphatic rings. The number of hydrogen-bond acceptors (Lipinski definition) is 2. The minimum absolute atomic E-state index is 0.110. The zero-order chi connectivity index (χ0) is 14.7. The molecule has 0 bridgehead atoms. The molecule has 0 unspecified atom stereocenters. The number of amidine groups is 1. The van der Waals surface area contributed by atoms with Gasteiger partial charge in [0.05, 0.1) is 0 Å². The van der Waals surface area contributed by atoms with Crippen molar-refractivity contribution in [3.05, 3.63) is 64.7 Å². The van der Waals surface area contributed by atoms with Crippen LogP contribution in [0.25, 0.3) is 0 Å². The number of hydrogen-bond donors (Lipinski definition) is 2. The summed E-state index contributed by atoms with van der Waals surface area (Å²) in [5.74, 6) is 0.110. The molecular formula is C17H21N3. The van der Waals surface area contributed by atoms with E-state index in [9.17, 15) is 0 Å². The number of nitrogens with one attached hydrogen (secondary N) is 1. The monoisotopic (exact) mass is 267 g/mol. The van der Waals surface area contributed by atoms with Crippen molar-refractivity contribution in [1.82, 2.24) is 0 Å². The van der Waals surface area contributed by atoms with Crippen LogP contribution in [0.5, 0.6) is 0 Å². The smallest absolute Gasteiger partial charge is 0.122 e.